The third-order valence-electron chi connectivity index (χ3n) is 5.35. The highest BCUT2D eigenvalue weighted by atomic mass is 35.5. The summed E-state index contributed by atoms with van der Waals surface area (Å²) in [7, 11) is 3.21. The summed E-state index contributed by atoms with van der Waals surface area (Å²) >= 11 is 5.97. The lowest BCUT2D eigenvalue weighted by Gasteiger charge is -2.38. The molecule has 0 saturated carbocycles. The number of amides is 1. The van der Waals surface area contributed by atoms with Crippen LogP contribution in [0, 0.1) is 0 Å². The Morgan fingerprint density at radius 1 is 1.03 bits per heavy atom. The fourth-order valence-electron chi connectivity index (χ4n) is 3.51. The molecule has 0 aromatic heterocycles. The number of piperazine rings is 1. The van der Waals surface area contributed by atoms with Crippen molar-refractivity contribution >= 4 is 23.2 Å². The van der Waals surface area contributed by atoms with E-state index in [9.17, 15) is 4.79 Å². The van der Waals surface area contributed by atoms with Crippen molar-refractivity contribution in [3.8, 4) is 11.5 Å². The monoisotopic (exact) mass is 417 g/mol. The Labute approximate surface area is 177 Å². The van der Waals surface area contributed by atoms with Gasteiger partial charge in [-0.1, -0.05) is 17.7 Å². The molecule has 1 heterocycles. The summed E-state index contributed by atoms with van der Waals surface area (Å²) in [6.45, 7) is 5.86. The molecule has 1 atom stereocenters. The van der Waals surface area contributed by atoms with Crippen molar-refractivity contribution in [2.75, 3.05) is 45.3 Å². The fraction of sp³-hybridized carbons (Fsp3) is 0.409. The van der Waals surface area contributed by atoms with Gasteiger partial charge in [-0.05, 0) is 48.9 Å². The summed E-state index contributed by atoms with van der Waals surface area (Å²) in [5.74, 6) is 1.36. The van der Waals surface area contributed by atoms with E-state index in [4.69, 9.17) is 21.1 Å². The van der Waals surface area contributed by atoms with Crippen LogP contribution in [0.25, 0.3) is 0 Å². The summed E-state index contributed by atoms with van der Waals surface area (Å²) in [4.78, 5) is 17.2. The van der Waals surface area contributed by atoms with Crippen LogP contribution in [0.4, 0.5) is 5.69 Å². The van der Waals surface area contributed by atoms with Crippen molar-refractivity contribution in [2.24, 2.45) is 0 Å². The maximum absolute atomic E-state index is 12.6. The molecule has 7 heteroatoms. The Bertz CT molecular complexity index is 821. The molecule has 3 rings (SSSR count). The molecule has 0 bridgehead atoms. The predicted octanol–water partition coefficient (Wildman–Crippen LogP) is 3.18. The SMILES string of the molecule is COc1ccc(CNC(=O)C(C)N2CCN(c3ccc(Cl)cc3)CC2)cc1OC. The van der Waals surface area contributed by atoms with E-state index in [1.54, 1.807) is 14.2 Å². The second-order valence-corrected chi connectivity index (χ2v) is 7.52. The van der Waals surface area contributed by atoms with Crippen LogP contribution in [0.1, 0.15) is 12.5 Å². The summed E-state index contributed by atoms with van der Waals surface area (Å²) in [5, 5.41) is 3.77. The van der Waals surface area contributed by atoms with Gasteiger partial charge >= 0.3 is 0 Å². The van der Waals surface area contributed by atoms with Crippen LogP contribution < -0.4 is 19.7 Å². The van der Waals surface area contributed by atoms with Gasteiger partial charge in [-0.2, -0.15) is 0 Å². The third-order valence-corrected chi connectivity index (χ3v) is 5.60. The van der Waals surface area contributed by atoms with E-state index in [0.717, 1.165) is 36.8 Å². The zero-order valence-corrected chi connectivity index (χ0v) is 17.9. The molecule has 156 valence electrons. The maximum Gasteiger partial charge on any atom is 0.237 e. The average molecular weight is 418 g/mol. The van der Waals surface area contributed by atoms with E-state index in [1.165, 1.54) is 5.69 Å². The molecule has 0 spiro atoms. The summed E-state index contributed by atoms with van der Waals surface area (Å²) in [6, 6.07) is 13.4. The number of anilines is 1. The second-order valence-electron chi connectivity index (χ2n) is 7.08. The van der Waals surface area contributed by atoms with Gasteiger partial charge < -0.3 is 19.7 Å². The highest BCUT2D eigenvalue weighted by molar-refractivity contribution is 6.30. The van der Waals surface area contributed by atoms with Crippen molar-refractivity contribution in [2.45, 2.75) is 19.5 Å². The normalized spacial score (nSPS) is 15.7. The van der Waals surface area contributed by atoms with Gasteiger partial charge in [0.2, 0.25) is 5.91 Å². The first-order valence-electron chi connectivity index (χ1n) is 9.75. The molecule has 2 aromatic carbocycles. The zero-order chi connectivity index (χ0) is 20.8. The number of carbonyl (C=O) groups is 1. The first kappa shape index (κ1) is 21.3. The van der Waals surface area contributed by atoms with Crippen LogP contribution >= 0.6 is 11.6 Å². The van der Waals surface area contributed by atoms with Crippen molar-refractivity contribution in [1.29, 1.82) is 0 Å². The molecule has 1 saturated heterocycles. The Morgan fingerprint density at radius 3 is 2.31 bits per heavy atom. The molecule has 1 N–H and O–H groups in total. The number of methoxy groups -OCH3 is 2. The zero-order valence-electron chi connectivity index (χ0n) is 17.2. The Balaban J connectivity index is 1.50. The van der Waals surface area contributed by atoms with Gasteiger partial charge in [0.05, 0.1) is 20.3 Å². The molecule has 1 aliphatic rings. The molecule has 1 fully saturated rings. The molecule has 6 nitrogen and oxygen atoms in total. The molecule has 1 aliphatic heterocycles. The van der Waals surface area contributed by atoms with E-state index in [1.807, 2.05) is 49.4 Å². The first-order chi connectivity index (χ1) is 14.0. The molecule has 0 radical (unpaired) electrons. The number of carbonyl (C=O) groups excluding carboxylic acids is 1. The number of nitrogens with zero attached hydrogens (tertiary/aromatic N) is 2. The standard InChI is InChI=1S/C22H28ClN3O3/c1-16(22(27)24-15-17-4-9-20(28-2)21(14-17)29-3)25-10-12-26(13-11-25)19-7-5-18(23)6-8-19/h4-9,14,16H,10-13,15H2,1-3H3,(H,24,27). The number of hydrogen-bond acceptors (Lipinski definition) is 5. The predicted molar refractivity (Wildman–Crippen MR) is 116 cm³/mol. The number of benzene rings is 2. The number of nitrogens with one attached hydrogen (secondary N) is 1. The number of ether oxygens (including phenoxy) is 2. The second kappa shape index (κ2) is 9.85. The van der Waals surface area contributed by atoms with Crippen molar-refractivity contribution in [3.05, 3.63) is 53.1 Å². The van der Waals surface area contributed by atoms with Crippen molar-refractivity contribution in [3.63, 3.8) is 0 Å². The highest BCUT2D eigenvalue weighted by Crippen LogP contribution is 2.27. The van der Waals surface area contributed by atoms with Crippen LogP contribution in [0.2, 0.25) is 5.02 Å². The van der Waals surface area contributed by atoms with Crippen molar-refractivity contribution in [1.82, 2.24) is 10.2 Å². The summed E-state index contributed by atoms with van der Waals surface area (Å²) in [6.07, 6.45) is 0. The van der Waals surface area contributed by atoms with E-state index in [2.05, 4.69) is 15.1 Å². The van der Waals surface area contributed by atoms with Gasteiger partial charge in [0, 0.05) is 43.4 Å². The molecule has 1 unspecified atom stereocenters. The Morgan fingerprint density at radius 2 is 1.69 bits per heavy atom. The average Bonchev–Trinajstić information content (AvgIpc) is 2.77. The topological polar surface area (TPSA) is 54.0 Å². The van der Waals surface area contributed by atoms with E-state index in [0.29, 0.717) is 18.0 Å². The number of hydrogen-bond donors (Lipinski definition) is 1. The van der Waals surface area contributed by atoms with Gasteiger partial charge in [0.25, 0.3) is 0 Å². The maximum atomic E-state index is 12.6. The number of halogens is 1. The van der Waals surface area contributed by atoms with E-state index < -0.39 is 0 Å². The van der Waals surface area contributed by atoms with Crippen molar-refractivity contribution < 1.29 is 14.3 Å². The first-order valence-corrected chi connectivity index (χ1v) is 10.1. The molecular weight excluding hydrogens is 390 g/mol. The minimum absolute atomic E-state index is 0.0275. The minimum atomic E-state index is -0.178. The Hall–Kier alpha value is -2.44. The third kappa shape index (κ3) is 5.34. The Kier molecular flexibility index (Phi) is 7.23. The van der Waals surface area contributed by atoms with Gasteiger partial charge in [0.1, 0.15) is 0 Å². The van der Waals surface area contributed by atoms with Crippen LogP contribution in [-0.4, -0.2) is 57.2 Å². The minimum Gasteiger partial charge on any atom is -0.493 e. The van der Waals surface area contributed by atoms with Crippen LogP contribution in [0.5, 0.6) is 11.5 Å². The smallest absolute Gasteiger partial charge is 0.237 e. The summed E-state index contributed by atoms with van der Waals surface area (Å²) < 4.78 is 10.6. The van der Waals surface area contributed by atoms with Crippen LogP contribution in [0.15, 0.2) is 42.5 Å². The molecule has 1 amide bonds. The van der Waals surface area contributed by atoms with E-state index >= 15 is 0 Å². The molecule has 0 aliphatic carbocycles. The van der Waals surface area contributed by atoms with Crippen LogP contribution in [-0.2, 0) is 11.3 Å². The van der Waals surface area contributed by atoms with E-state index in [-0.39, 0.29) is 11.9 Å². The quantitative estimate of drug-likeness (QED) is 0.749. The lowest BCUT2D eigenvalue weighted by atomic mass is 10.1. The largest absolute Gasteiger partial charge is 0.493 e. The highest BCUT2D eigenvalue weighted by Gasteiger charge is 2.25. The van der Waals surface area contributed by atoms with Gasteiger partial charge in [-0.3, -0.25) is 9.69 Å². The van der Waals surface area contributed by atoms with Gasteiger partial charge in [-0.15, -0.1) is 0 Å². The molecule has 2 aromatic rings. The fourth-order valence-corrected chi connectivity index (χ4v) is 3.64. The summed E-state index contributed by atoms with van der Waals surface area (Å²) in [5.41, 5.74) is 2.13. The lowest BCUT2D eigenvalue weighted by molar-refractivity contribution is -0.126. The molecule has 29 heavy (non-hydrogen) atoms. The molecular formula is C22H28ClN3O3. The lowest BCUT2D eigenvalue weighted by Crippen LogP contribution is -2.53. The van der Waals surface area contributed by atoms with Gasteiger partial charge in [0.15, 0.2) is 11.5 Å². The van der Waals surface area contributed by atoms with Crippen LogP contribution in [0.3, 0.4) is 0 Å². The number of rotatable bonds is 7. The van der Waals surface area contributed by atoms with Gasteiger partial charge in [-0.25, -0.2) is 0 Å².